The van der Waals surface area contributed by atoms with Gasteiger partial charge in [-0.3, -0.25) is 0 Å². The first kappa shape index (κ1) is 30.3. The summed E-state index contributed by atoms with van der Waals surface area (Å²) >= 11 is 7.10. The Kier molecular flexibility index (Phi) is 12.4. The van der Waals surface area contributed by atoms with E-state index >= 15 is 0 Å². The molecule has 1 aliphatic rings. The standard InChI is InChI=1S/C33H41Br2NO3/c1-2-33(25-39-26-33)24-38-22-8-6-4-3-5-7-21-37-23-27-9-15-30(16-10-27)36(31-17-11-28(34)12-18-31)32-19-13-29(35)14-20-32/h9-20H,2-8,21-26H2,1H3. The lowest BCUT2D eigenvalue weighted by atomic mass is 9.84. The second-order valence-corrected chi connectivity index (χ2v) is 12.4. The lowest BCUT2D eigenvalue weighted by Gasteiger charge is -2.40. The third-order valence-corrected chi connectivity index (χ3v) is 8.49. The number of halogens is 2. The summed E-state index contributed by atoms with van der Waals surface area (Å²) in [5.41, 5.74) is 4.86. The van der Waals surface area contributed by atoms with E-state index in [0.29, 0.717) is 12.0 Å². The quantitative estimate of drug-likeness (QED) is 0.135. The van der Waals surface area contributed by atoms with Crippen molar-refractivity contribution in [3.63, 3.8) is 0 Å². The molecule has 4 nitrogen and oxygen atoms in total. The minimum atomic E-state index is 0.308. The molecule has 0 saturated carbocycles. The highest BCUT2D eigenvalue weighted by atomic mass is 79.9. The zero-order chi connectivity index (χ0) is 27.3. The smallest absolute Gasteiger partial charge is 0.0716 e. The van der Waals surface area contributed by atoms with Gasteiger partial charge in [0.25, 0.3) is 0 Å². The molecule has 0 aromatic heterocycles. The van der Waals surface area contributed by atoms with Crippen molar-refractivity contribution in [2.45, 2.75) is 58.5 Å². The number of ether oxygens (including phenoxy) is 3. The van der Waals surface area contributed by atoms with Crippen LogP contribution in [0.15, 0.2) is 81.7 Å². The van der Waals surface area contributed by atoms with E-state index in [9.17, 15) is 0 Å². The summed E-state index contributed by atoms with van der Waals surface area (Å²) in [6.45, 7) is 7.18. The van der Waals surface area contributed by atoms with E-state index < -0.39 is 0 Å². The van der Waals surface area contributed by atoms with Gasteiger partial charge in [0, 0.05) is 44.6 Å². The zero-order valence-corrected chi connectivity index (χ0v) is 26.2. The molecule has 0 aliphatic carbocycles. The Labute approximate surface area is 251 Å². The van der Waals surface area contributed by atoms with Gasteiger partial charge < -0.3 is 19.1 Å². The molecule has 0 radical (unpaired) electrons. The first-order valence-corrected chi connectivity index (χ1v) is 15.8. The molecule has 1 aliphatic heterocycles. The number of benzene rings is 3. The van der Waals surface area contributed by atoms with Crippen LogP contribution in [0.5, 0.6) is 0 Å². The van der Waals surface area contributed by atoms with Crippen molar-refractivity contribution in [1.29, 1.82) is 0 Å². The molecule has 0 amide bonds. The Balaban J connectivity index is 1.12. The van der Waals surface area contributed by atoms with Crippen molar-refractivity contribution >= 4 is 48.9 Å². The fourth-order valence-electron chi connectivity index (χ4n) is 4.74. The molecule has 1 saturated heterocycles. The summed E-state index contributed by atoms with van der Waals surface area (Å²) in [5, 5.41) is 0. The van der Waals surface area contributed by atoms with Crippen LogP contribution in [0.25, 0.3) is 0 Å². The van der Waals surface area contributed by atoms with E-state index in [4.69, 9.17) is 14.2 Å². The van der Waals surface area contributed by atoms with Crippen LogP contribution in [-0.4, -0.2) is 33.0 Å². The molecule has 0 N–H and O–H groups in total. The summed E-state index contributed by atoms with van der Waals surface area (Å²) in [5.74, 6) is 0. The van der Waals surface area contributed by atoms with Crippen LogP contribution in [0.1, 0.15) is 57.4 Å². The van der Waals surface area contributed by atoms with E-state index in [2.05, 4.69) is 116 Å². The van der Waals surface area contributed by atoms with Crippen LogP contribution in [0.2, 0.25) is 0 Å². The van der Waals surface area contributed by atoms with E-state index in [0.717, 1.165) is 78.3 Å². The fourth-order valence-corrected chi connectivity index (χ4v) is 5.27. The monoisotopic (exact) mass is 657 g/mol. The normalized spacial score (nSPS) is 14.2. The number of hydrogen-bond acceptors (Lipinski definition) is 4. The maximum atomic E-state index is 5.98. The molecular formula is C33H41Br2NO3. The second kappa shape index (κ2) is 15.9. The second-order valence-electron chi connectivity index (χ2n) is 10.5. The van der Waals surface area contributed by atoms with Gasteiger partial charge in [0.05, 0.1) is 26.4 Å². The Morgan fingerprint density at radius 2 is 1.13 bits per heavy atom. The lowest BCUT2D eigenvalue weighted by Crippen LogP contribution is -2.45. The molecule has 39 heavy (non-hydrogen) atoms. The lowest BCUT2D eigenvalue weighted by molar-refractivity contribution is -0.150. The average Bonchev–Trinajstić information content (AvgIpc) is 2.93. The number of hydrogen-bond donors (Lipinski definition) is 0. The van der Waals surface area contributed by atoms with Gasteiger partial charge in [0.2, 0.25) is 0 Å². The van der Waals surface area contributed by atoms with Gasteiger partial charge in [0.15, 0.2) is 0 Å². The Morgan fingerprint density at radius 3 is 1.59 bits per heavy atom. The molecule has 0 spiro atoms. The van der Waals surface area contributed by atoms with Crippen LogP contribution in [0, 0.1) is 5.41 Å². The molecule has 3 aromatic rings. The number of rotatable bonds is 17. The van der Waals surface area contributed by atoms with E-state index in [1.54, 1.807) is 0 Å². The van der Waals surface area contributed by atoms with Crippen molar-refractivity contribution in [1.82, 2.24) is 0 Å². The Bertz CT molecular complexity index is 1050. The van der Waals surface area contributed by atoms with E-state index in [1.165, 1.54) is 31.2 Å². The van der Waals surface area contributed by atoms with Crippen LogP contribution in [0.4, 0.5) is 17.1 Å². The van der Waals surface area contributed by atoms with E-state index in [1.807, 2.05) is 0 Å². The topological polar surface area (TPSA) is 30.9 Å². The van der Waals surface area contributed by atoms with Crippen molar-refractivity contribution < 1.29 is 14.2 Å². The predicted molar refractivity (Wildman–Crippen MR) is 168 cm³/mol. The van der Waals surface area contributed by atoms with Crippen LogP contribution < -0.4 is 4.90 Å². The van der Waals surface area contributed by atoms with Gasteiger partial charge in [-0.15, -0.1) is 0 Å². The first-order valence-electron chi connectivity index (χ1n) is 14.2. The van der Waals surface area contributed by atoms with Gasteiger partial charge in [-0.2, -0.15) is 0 Å². The maximum absolute atomic E-state index is 5.98. The highest BCUT2D eigenvalue weighted by Crippen LogP contribution is 2.36. The van der Waals surface area contributed by atoms with Crippen molar-refractivity contribution in [2.24, 2.45) is 5.41 Å². The van der Waals surface area contributed by atoms with Crippen LogP contribution >= 0.6 is 31.9 Å². The van der Waals surface area contributed by atoms with Crippen molar-refractivity contribution in [2.75, 3.05) is 37.9 Å². The molecule has 0 atom stereocenters. The largest absolute Gasteiger partial charge is 0.381 e. The third kappa shape index (κ3) is 9.43. The van der Waals surface area contributed by atoms with Gasteiger partial charge in [-0.1, -0.05) is 76.6 Å². The Morgan fingerprint density at radius 1 is 0.667 bits per heavy atom. The van der Waals surface area contributed by atoms with Crippen LogP contribution in [-0.2, 0) is 20.8 Å². The molecule has 1 fully saturated rings. The number of unbranched alkanes of at least 4 members (excludes halogenated alkanes) is 5. The van der Waals surface area contributed by atoms with Gasteiger partial charge in [-0.05, 0) is 85.5 Å². The zero-order valence-electron chi connectivity index (χ0n) is 23.0. The summed E-state index contributed by atoms with van der Waals surface area (Å²) < 4.78 is 19.4. The van der Waals surface area contributed by atoms with Crippen molar-refractivity contribution in [3.05, 3.63) is 87.3 Å². The van der Waals surface area contributed by atoms with Gasteiger partial charge >= 0.3 is 0 Å². The fraction of sp³-hybridized carbons (Fsp3) is 0.455. The van der Waals surface area contributed by atoms with Gasteiger partial charge in [-0.25, -0.2) is 0 Å². The molecule has 6 heteroatoms. The summed E-state index contributed by atoms with van der Waals surface area (Å²) in [6, 6.07) is 25.5. The molecule has 4 rings (SSSR count). The molecular weight excluding hydrogens is 618 g/mol. The minimum Gasteiger partial charge on any atom is -0.381 e. The highest BCUT2D eigenvalue weighted by molar-refractivity contribution is 9.10. The summed E-state index contributed by atoms with van der Waals surface area (Å²) in [4.78, 5) is 2.26. The molecule has 210 valence electrons. The SMILES string of the molecule is CCC1(COCCCCCCCCOCc2ccc(N(c3ccc(Br)cc3)c3ccc(Br)cc3)cc2)COC1. The summed E-state index contributed by atoms with van der Waals surface area (Å²) in [7, 11) is 0. The molecule has 0 unspecified atom stereocenters. The molecule has 1 heterocycles. The number of nitrogens with zero attached hydrogens (tertiary/aromatic N) is 1. The third-order valence-electron chi connectivity index (χ3n) is 7.44. The number of anilines is 3. The minimum absolute atomic E-state index is 0.308. The highest BCUT2D eigenvalue weighted by Gasteiger charge is 2.36. The average molecular weight is 660 g/mol. The predicted octanol–water partition coefficient (Wildman–Crippen LogP) is 9.98. The molecule has 3 aromatic carbocycles. The Hall–Kier alpha value is -1.70. The van der Waals surface area contributed by atoms with Gasteiger partial charge in [0.1, 0.15) is 0 Å². The van der Waals surface area contributed by atoms with E-state index in [-0.39, 0.29) is 0 Å². The summed E-state index contributed by atoms with van der Waals surface area (Å²) in [6.07, 6.45) is 8.46. The maximum Gasteiger partial charge on any atom is 0.0716 e. The molecule has 0 bridgehead atoms. The van der Waals surface area contributed by atoms with Crippen LogP contribution in [0.3, 0.4) is 0 Å². The van der Waals surface area contributed by atoms with Crippen molar-refractivity contribution in [3.8, 4) is 0 Å². The first-order chi connectivity index (χ1) is 19.1.